The van der Waals surface area contributed by atoms with E-state index >= 15 is 0 Å². The number of amides is 2. The zero-order chi connectivity index (χ0) is 20.5. The van der Waals surface area contributed by atoms with Gasteiger partial charge >= 0.3 is 0 Å². The van der Waals surface area contributed by atoms with Crippen LogP contribution in [0.25, 0.3) is 12.2 Å². The summed E-state index contributed by atoms with van der Waals surface area (Å²) in [6.45, 7) is 1.43. The fourth-order valence-electron chi connectivity index (χ4n) is 3.20. The second-order valence-electron chi connectivity index (χ2n) is 6.92. The van der Waals surface area contributed by atoms with E-state index in [2.05, 4.69) is 5.32 Å². The summed E-state index contributed by atoms with van der Waals surface area (Å²) in [5.41, 5.74) is 2.02. The minimum Gasteiger partial charge on any atom is -0.497 e. The standard InChI is InChI=1S/C24H26N2O3/c1-29-21-13-10-20(11-14-21)18-22(24(28)26-16-6-3-7-17-26)25-23(27)15-12-19-8-4-2-5-9-19/h2,4-5,8-15,18H,3,6-7,16-17H2,1H3,(H,25,27)/b15-12+,22-18-. The Bertz CT molecular complexity index is 880. The van der Waals surface area contributed by atoms with Crippen molar-refractivity contribution in [3.05, 3.63) is 77.5 Å². The van der Waals surface area contributed by atoms with Gasteiger partial charge in [0.05, 0.1) is 7.11 Å². The minimum absolute atomic E-state index is 0.151. The number of nitrogens with zero attached hydrogens (tertiary/aromatic N) is 1. The molecule has 1 aliphatic heterocycles. The first-order valence-electron chi connectivity index (χ1n) is 9.85. The molecule has 0 radical (unpaired) electrons. The maximum atomic E-state index is 13.0. The number of ether oxygens (including phenoxy) is 1. The number of carbonyl (C=O) groups excluding carboxylic acids is 2. The summed E-state index contributed by atoms with van der Waals surface area (Å²) in [6.07, 6.45) is 8.00. The average molecular weight is 390 g/mol. The van der Waals surface area contributed by atoms with E-state index < -0.39 is 0 Å². The van der Waals surface area contributed by atoms with Crippen LogP contribution in [0.2, 0.25) is 0 Å². The molecule has 2 aromatic carbocycles. The molecule has 0 atom stereocenters. The highest BCUT2D eigenvalue weighted by Gasteiger charge is 2.21. The SMILES string of the molecule is COc1ccc(/C=C(\NC(=O)/C=C/c2ccccc2)C(=O)N2CCCCC2)cc1. The highest BCUT2D eigenvalue weighted by Crippen LogP contribution is 2.16. The number of carbonyl (C=O) groups is 2. The predicted octanol–water partition coefficient (Wildman–Crippen LogP) is 3.88. The molecule has 1 fully saturated rings. The van der Waals surface area contributed by atoms with Crippen molar-refractivity contribution < 1.29 is 14.3 Å². The highest BCUT2D eigenvalue weighted by molar-refractivity contribution is 6.04. The molecule has 3 rings (SSSR count). The molecule has 2 amide bonds. The fraction of sp³-hybridized carbons (Fsp3) is 0.250. The third-order valence-electron chi connectivity index (χ3n) is 4.79. The molecule has 150 valence electrons. The lowest BCUT2D eigenvalue weighted by Crippen LogP contribution is -2.40. The number of likely N-dealkylation sites (tertiary alicyclic amines) is 1. The molecule has 1 aliphatic rings. The Labute approximate surface area is 171 Å². The van der Waals surface area contributed by atoms with Crippen LogP contribution in [0.3, 0.4) is 0 Å². The Morgan fingerprint density at radius 3 is 2.28 bits per heavy atom. The van der Waals surface area contributed by atoms with Crippen molar-refractivity contribution in [1.82, 2.24) is 10.2 Å². The van der Waals surface area contributed by atoms with Crippen LogP contribution in [0.15, 0.2) is 66.4 Å². The lowest BCUT2D eigenvalue weighted by atomic mass is 10.1. The fourth-order valence-corrected chi connectivity index (χ4v) is 3.20. The predicted molar refractivity (Wildman–Crippen MR) is 115 cm³/mol. The topological polar surface area (TPSA) is 58.6 Å². The average Bonchev–Trinajstić information content (AvgIpc) is 2.78. The largest absolute Gasteiger partial charge is 0.497 e. The van der Waals surface area contributed by atoms with Crippen LogP contribution in [-0.4, -0.2) is 36.9 Å². The van der Waals surface area contributed by atoms with Crippen LogP contribution >= 0.6 is 0 Å². The van der Waals surface area contributed by atoms with Crippen LogP contribution in [0, 0.1) is 0 Å². The number of piperidine rings is 1. The molecule has 0 bridgehead atoms. The first-order valence-corrected chi connectivity index (χ1v) is 9.85. The van der Waals surface area contributed by atoms with Crippen molar-refractivity contribution in [3.8, 4) is 5.75 Å². The van der Waals surface area contributed by atoms with E-state index in [0.29, 0.717) is 13.1 Å². The summed E-state index contributed by atoms with van der Waals surface area (Å²) in [5, 5.41) is 2.77. The Morgan fingerprint density at radius 2 is 1.62 bits per heavy atom. The van der Waals surface area contributed by atoms with Crippen LogP contribution in [0.5, 0.6) is 5.75 Å². The van der Waals surface area contributed by atoms with Gasteiger partial charge in [-0.1, -0.05) is 42.5 Å². The van der Waals surface area contributed by atoms with Gasteiger partial charge in [0, 0.05) is 19.2 Å². The lowest BCUT2D eigenvalue weighted by molar-refractivity contribution is -0.129. The number of benzene rings is 2. The second-order valence-corrected chi connectivity index (χ2v) is 6.92. The number of hydrogen-bond donors (Lipinski definition) is 1. The van der Waals surface area contributed by atoms with Crippen LogP contribution in [0.1, 0.15) is 30.4 Å². The van der Waals surface area contributed by atoms with Gasteiger partial charge in [0.2, 0.25) is 5.91 Å². The maximum Gasteiger partial charge on any atom is 0.270 e. The van der Waals surface area contributed by atoms with E-state index in [1.807, 2.05) is 54.6 Å². The molecular weight excluding hydrogens is 364 g/mol. The molecular formula is C24H26N2O3. The van der Waals surface area contributed by atoms with Crippen LogP contribution in [-0.2, 0) is 9.59 Å². The lowest BCUT2D eigenvalue weighted by Gasteiger charge is -2.27. The second kappa shape index (κ2) is 10.3. The van der Waals surface area contributed by atoms with Crippen molar-refractivity contribution in [2.24, 2.45) is 0 Å². The normalized spacial score (nSPS) is 14.7. The van der Waals surface area contributed by atoms with E-state index in [1.54, 1.807) is 24.2 Å². The molecule has 5 heteroatoms. The molecule has 2 aromatic rings. The van der Waals surface area contributed by atoms with Gasteiger partial charge in [0.1, 0.15) is 11.4 Å². The van der Waals surface area contributed by atoms with Crippen LogP contribution in [0.4, 0.5) is 0 Å². The van der Waals surface area contributed by atoms with Gasteiger partial charge < -0.3 is 15.0 Å². The van der Waals surface area contributed by atoms with Gasteiger partial charge in [-0.25, -0.2) is 0 Å². The third-order valence-corrected chi connectivity index (χ3v) is 4.79. The zero-order valence-electron chi connectivity index (χ0n) is 16.6. The first-order chi connectivity index (χ1) is 14.2. The minimum atomic E-state index is -0.334. The Balaban J connectivity index is 1.79. The molecule has 0 saturated carbocycles. The number of nitrogens with one attached hydrogen (secondary N) is 1. The van der Waals surface area contributed by atoms with Crippen molar-refractivity contribution in [2.75, 3.05) is 20.2 Å². The Kier molecular flexibility index (Phi) is 7.22. The molecule has 0 aromatic heterocycles. The first kappa shape index (κ1) is 20.4. The quantitative estimate of drug-likeness (QED) is 0.762. The highest BCUT2D eigenvalue weighted by atomic mass is 16.5. The number of hydrogen-bond acceptors (Lipinski definition) is 3. The zero-order valence-corrected chi connectivity index (χ0v) is 16.6. The molecule has 1 N–H and O–H groups in total. The van der Waals surface area contributed by atoms with Gasteiger partial charge in [-0.3, -0.25) is 9.59 Å². The molecule has 29 heavy (non-hydrogen) atoms. The Hall–Kier alpha value is -3.34. The van der Waals surface area contributed by atoms with Gasteiger partial charge in [0.25, 0.3) is 5.91 Å². The van der Waals surface area contributed by atoms with E-state index in [4.69, 9.17) is 4.74 Å². The monoisotopic (exact) mass is 390 g/mol. The van der Waals surface area contributed by atoms with E-state index in [1.165, 1.54) is 6.08 Å². The molecule has 1 saturated heterocycles. The van der Waals surface area contributed by atoms with Gasteiger partial charge in [-0.2, -0.15) is 0 Å². The van der Waals surface area contributed by atoms with E-state index in [0.717, 1.165) is 36.1 Å². The Morgan fingerprint density at radius 1 is 0.931 bits per heavy atom. The number of rotatable bonds is 6. The smallest absolute Gasteiger partial charge is 0.270 e. The van der Waals surface area contributed by atoms with Crippen molar-refractivity contribution >= 4 is 24.0 Å². The van der Waals surface area contributed by atoms with Gasteiger partial charge in [0.15, 0.2) is 0 Å². The van der Waals surface area contributed by atoms with Gasteiger partial charge in [-0.05, 0) is 54.7 Å². The summed E-state index contributed by atoms with van der Waals surface area (Å²) in [5.74, 6) is 0.252. The molecule has 0 aliphatic carbocycles. The van der Waals surface area contributed by atoms with E-state index in [-0.39, 0.29) is 17.5 Å². The molecule has 0 unspecified atom stereocenters. The summed E-state index contributed by atoms with van der Waals surface area (Å²) in [4.78, 5) is 27.3. The summed E-state index contributed by atoms with van der Waals surface area (Å²) in [7, 11) is 1.61. The molecule has 0 spiro atoms. The summed E-state index contributed by atoms with van der Waals surface area (Å²) < 4.78 is 5.18. The van der Waals surface area contributed by atoms with Crippen molar-refractivity contribution in [1.29, 1.82) is 0 Å². The number of methoxy groups -OCH3 is 1. The summed E-state index contributed by atoms with van der Waals surface area (Å²) >= 11 is 0. The van der Waals surface area contributed by atoms with Crippen LogP contribution < -0.4 is 10.1 Å². The summed E-state index contributed by atoms with van der Waals surface area (Å²) in [6, 6.07) is 16.9. The van der Waals surface area contributed by atoms with Gasteiger partial charge in [-0.15, -0.1) is 0 Å². The van der Waals surface area contributed by atoms with E-state index in [9.17, 15) is 9.59 Å². The molecule has 5 nitrogen and oxygen atoms in total. The van der Waals surface area contributed by atoms with Crippen molar-refractivity contribution in [3.63, 3.8) is 0 Å². The maximum absolute atomic E-state index is 13.0. The molecule has 1 heterocycles. The van der Waals surface area contributed by atoms with Crippen molar-refractivity contribution in [2.45, 2.75) is 19.3 Å². The third kappa shape index (κ3) is 6.07.